The lowest BCUT2D eigenvalue weighted by Gasteiger charge is -2.32. The van der Waals surface area contributed by atoms with Crippen LogP contribution in [0.4, 0.5) is 5.13 Å². The summed E-state index contributed by atoms with van der Waals surface area (Å²) in [6.07, 6.45) is 0. The van der Waals surface area contributed by atoms with Crippen LogP contribution in [0.5, 0.6) is 0 Å². The molecule has 0 radical (unpaired) electrons. The first-order valence-electron chi connectivity index (χ1n) is 4.84. The van der Waals surface area contributed by atoms with Crippen LogP contribution in [0.3, 0.4) is 0 Å². The zero-order valence-electron chi connectivity index (χ0n) is 9.83. The second kappa shape index (κ2) is 5.00. The molecule has 4 nitrogen and oxygen atoms in total. The smallest absolute Gasteiger partial charge is 0.185 e. The van der Waals surface area contributed by atoms with Gasteiger partial charge in [-0.2, -0.15) is 5.26 Å². The highest BCUT2D eigenvalue weighted by molar-refractivity contribution is 7.16. The molecule has 0 aliphatic carbocycles. The number of nitrogens with one attached hydrogen (secondary N) is 1. The van der Waals surface area contributed by atoms with E-state index in [4.69, 9.17) is 16.9 Å². The fourth-order valence-electron chi connectivity index (χ4n) is 0.896. The minimum absolute atomic E-state index is 0.0188. The van der Waals surface area contributed by atoms with Gasteiger partial charge < -0.3 is 10.2 Å². The highest BCUT2D eigenvalue weighted by Crippen LogP contribution is 2.26. The van der Waals surface area contributed by atoms with E-state index in [1.54, 1.807) is 0 Å². The fourth-order valence-corrected chi connectivity index (χ4v) is 1.84. The Morgan fingerprint density at radius 1 is 1.56 bits per heavy atom. The third-order valence-electron chi connectivity index (χ3n) is 2.57. The summed E-state index contributed by atoms with van der Waals surface area (Å²) in [6.45, 7) is 5.00. The predicted molar refractivity (Wildman–Crippen MR) is 68.1 cm³/mol. The second-order valence-electron chi connectivity index (χ2n) is 4.31. The minimum atomic E-state index is 0.0188. The number of hydrogen-bond acceptors (Lipinski definition) is 5. The monoisotopic (exact) mass is 258 g/mol. The van der Waals surface area contributed by atoms with Gasteiger partial charge in [0.2, 0.25) is 0 Å². The van der Waals surface area contributed by atoms with Crippen LogP contribution in [0.1, 0.15) is 18.7 Å². The van der Waals surface area contributed by atoms with Gasteiger partial charge in [0.25, 0.3) is 0 Å². The number of nitrogens with zero attached hydrogens (tertiary/aromatic N) is 3. The molecule has 0 atom stereocenters. The lowest BCUT2D eigenvalue weighted by Crippen LogP contribution is -2.44. The van der Waals surface area contributed by atoms with E-state index in [0.29, 0.717) is 10.0 Å². The Morgan fingerprint density at radius 3 is 2.62 bits per heavy atom. The summed E-state index contributed by atoms with van der Waals surface area (Å²) >= 11 is 7.06. The van der Waals surface area contributed by atoms with E-state index in [1.807, 2.05) is 20.2 Å². The van der Waals surface area contributed by atoms with E-state index < -0.39 is 0 Å². The lowest BCUT2D eigenvalue weighted by atomic mass is 10.1. The van der Waals surface area contributed by atoms with Crippen molar-refractivity contribution in [3.8, 4) is 6.07 Å². The Bertz CT molecular complexity index is 405. The molecule has 0 fully saturated rings. The maximum absolute atomic E-state index is 8.75. The first-order chi connectivity index (χ1) is 7.36. The maximum Gasteiger partial charge on any atom is 0.185 e. The van der Waals surface area contributed by atoms with E-state index in [1.165, 1.54) is 11.3 Å². The van der Waals surface area contributed by atoms with Crippen molar-refractivity contribution in [1.29, 1.82) is 5.26 Å². The van der Waals surface area contributed by atoms with Crippen molar-refractivity contribution in [3.63, 3.8) is 0 Å². The molecule has 0 amide bonds. The molecular formula is C10H15ClN4S. The third kappa shape index (κ3) is 3.08. The van der Waals surface area contributed by atoms with Gasteiger partial charge in [-0.1, -0.05) is 22.9 Å². The molecule has 0 saturated heterocycles. The van der Waals surface area contributed by atoms with Gasteiger partial charge >= 0.3 is 0 Å². The van der Waals surface area contributed by atoms with E-state index in [2.05, 4.69) is 29.0 Å². The molecule has 1 rings (SSSR count). The van der Waals surface area contributed by atoms with Crippen molar-refractivity contribution in [2.75, 3.05) is 26.0 Å². The first kappa shape index (κ1) is 13.2. The van der Waals surface area contributed by atoms with Crippen molar-refractivity contribution in [2.24, 2.45) is 0 Å². The van der Waals surface area contributed by atoms with Gasteiger partial charge in [0.1, 0.15) is 10.9 Å². The highest BCUT2D eigenvalue weighted by atomic mass is 35.5. The predicted octanol–water partition coefficient (Wildman–Crippen LogP) is 2.42. The van der Waals surface area contributed by atoms with Crippen LogP contribution in [0.25, 0.3) is 0 Å². The Labute approximate surface area is 105 Å². The van der Waals surface area contributed by atoms with Crippen LogP contribution in [-0.2, 0) is 0 Å². The quantitative estimate of drug-likeness (QED) is 0.901. The molecule has 0 aliphatic rings. The maximum atomic E-state index is 8.75. The van der Waals surface area contributed by atoms with Gasteiger partial charge in [0.15, 0.2) is 10.3 Å². The highest BCUT2D eigenvalue weighted by Gasteiger charge is 2.20. The summed E-state index contributed by atoms with van der Waals surface area (Å²) in [5, 5.41) is 12.9. The molecule has 16 heavy (non-hydrogen) atoms. The van der Waals surface area contributed by atoms with Crippen molar-refractivity contribution in [2.45, 2.75) is 19.4 Å². The number of aromatic nitrogens is 1. The number of nitriles is 1. The molecule has 1 aromatic heterocycles. The Morgan fingerprint density at radius 2 is 2.19 bits per heavy atom. The first-order valence-corrected chi connectivity index (χ1v) is 6.04. The van der Waals surface area contributed by atoms with Crippen LogP contribution in [0.2, 0.25) is 5.15 Å². The van der Waals surface area contributed by atoms with E-state index in [0.717, 1.165) is 6.54 Å². The van der Waals surface area contributed by atoms with Crippen LogP contribution in [0.15, 0.2) is 0 Å². The van der Waals surface area contributed by atoms with Crippen LogP contribution in [-0.4, -0.2) is 36.1 Å². The molecule has 0 spiro atoms. The SMILES string of the molecule is CN(C)C(C)(C)CNc1nc(Cl)c(C#N)s1. The number of halogens is 1. The number of thiazole rings is 1. The Balaban J connectivity index is 2.66. The molecule has 0 bridgehead atoms. The summed E-state index contributed by atoms with van der Waals surface area (Å²) in [7, 11) is 4.05. The molecule has 1 aromatic rings. The van der Waals surface area contributed by atoms with Gasteiger partial charge in [-0.05, 0) is 27.9 Å². The zero-order chi connectivity index (χ0) is 12.3. The van der Waals surface area contributed by atoms with Gasteiger partial charge in [-0.25, -0.2) is 4.98 Å². The minimum Gasteiger partial charge on any atom is -0.360 e. The third-order valence-corrected chi connectivity index (χ3v) is 3.87. The molecule has 0 aromatic carbocycles. The topological polar surface area (TPSA) is 52.0 Å². The second-order valence-corrected chi connectivity index (χ2v) is 5.67. The van der Waals surface area contributed by atoms with Crippen molar-refractivity contribution >= 4 is 28.1 Å². The number of hydrogen-bond donors (Lipinski definition) is 1. The molecular weight excluding hydrogens is 244 g/mol. The van der Waals surface area contributed by atoms with Crippen molar-refractivity contribution in [1.82, 2.24) is 9.88 Å². The summed E-state index contributed by atoms with van der Waals surface area (Å²) in [5.74, 6) is 0. The van der Waals surface area contributed by atoms with Gasteiger partial charge in [0.05, 0.1) is 0 Å². The van der Waals surface area contributed by atoms with Crippen LogP contribution < -0.4 is 5.32 Å². The van der Waals surface area contributed by atoms with Gasteiger partial charge in [0, 0.05) is 12.1 Å². The fraction of sp³-hybridized carbons (Fsp3) is 0.600. The molecule has 1 N–H and O–H groups in total. The molecule has 88 valence electrons. The molecule has 6 heteroatoms. The Hall–Kier alpha value is -0.830. The number of anilines is 1. The van der Waals surface area contributed by atoms with Gasteiger partial charge in [-0.3, -0.25) is 0 Å². The summed E-state index contributed by atoms with van der Waals surface area (Å²) in [4.78, 5) is 6.65. The molecule has 1 heterocycles. The van der Waals surface area contributed by atoms with Crippen LogP contribution >= 0.6 is 22.9 Å². The Kier molecular flexibility index (Phi) is 4.14. The van der Waals surface area contributed by atoms with Crippen LogP contribution in [0, 0.1) is 11.3 Å². The number of likely N-dealkylation sites (N-methyl/N-ethyl adjacent to an activating group) is 1. The normalized spacial score (nSPS) is 11.6. The van der Waals surface area contributed by atoms with E-state index in [9.17, 15) is 0 Å². The molecule has 0 aliphatic heterocycles. The summed E-state index contributed by atoms with van der Waals surface area (Å²) in [5.41, 5.74) is 0.0188. The zero-order valence-corrected chi connectivity index (χ0v) is 11.4. The van der Waals surface area contributed by atoms with Crippen molar-refractivity contribution < 1.29 is 0 Å². The largest absolute Gasteiger partial charge is 0.360 e. The van der Waals surface area contributed by atoms with E-state index in [-0.39, 0.29) is 10.7 Å². The molecule has 0 unspecified atom stereocenters. The number of rotatable bonds is 4. The van der Waals surface area contributed by atoms with Gasteiger partial charge in [-0.15, -0.1) is 0 Å². The van der Waals surface area contributed by atoms with Crippen molar-refractivity contribution in [3.05, 3.63) is 10.0 Å². The van der Waals surface area contributed by atoms with E-state index >= 15 is 0 Å². The lowest BCUT2D eigenvalue weighted by molar-refractivity contribution is 0.210. The summed E-state index contributed by atoms with van der Waals surface area (Å²) in [6, 6.07) is 2.01. The average Bonchev–Trinajstić information content (AvgIpc) is 2.56. The standard InChI is InChI=1S/C10H15ClN4S/c1-10(2,15(3)4)6-13-9-14-8(11)7(5-12)16-9/h6H2,1-4H3,(H,13,14). The summed E-state index contributed by atoms with van der Waals surface area (Å²) < 4.78 is 0. The average molecular weight is 259 g/mol. The molecule has 0 saturated carbocycles.